The molecular weight excluding hydrogens is 330 g/mol. The zero-order valence-electron chi connectivity index (χ0n) is 13.1. The van der Waals surface area contributed by atoms with Crippen LogP contribution in [0.15, 0.2) is 36.4 Å². The topological polar surface area (TPSA) is 102 Å². The van der Waals surface area contributed by atoms with Gasteiger partial charge in [-0.2, -0.15) is 5.10 Å². The Morgan fingerprint density at radius 1 is 1.29 bits per heavy atom. The number of benzene rings is 1. The van der Waals surface area contributed by atoms with E-state index in [2.05, 4.69) is 15.7 Å². The molecule has 2 amide bonds. The summed E-state index contributed by atoms with van der Waals surface area (Å²) in [6, 6.07) is 10.6. The molecule has 0 bridgehead atoms. The number of hydrogen-bond donors (Lipinski definition) is 3. The highest BCUT2D eigenvalue weighted by Gasteiger charge is 2.21. The van der Waals surface area contributed by atoms with E-state index in [0.29, 0.717) is 5.69 Å². The van der Waals surface area contributed by atoms with Crippen LogP contribution < -0.4 is 16.4 Å². The minimum Gasteiger partial charge on any atom is -0.364 e. The lowest BCUT2D eigenvalue weighted by atomic mass is 10.1. The fraction of sp³-hybridized carbons (Fsp3) is 0.312. The van der Waals surface area contributed by atoms with Crippen molar-refractivity contribution in [1.29, 1.82) is 0 Å². The van der Waals surface area contributed by atoms with Crippen LogP contribution in [0.25, 0.3) is 5.69 Å². The van der Waals surface area contributed by atoms with Crippen molar-refractivity contribution in [3.8, 4) is 5.69 Å². The summed E-state index contributed by atoms with van der Waals surface area (Å²) in [5.74, 6) is -0.921. The van der Waals surface area contributed by atoms with Gasteiger partial charge in [-0.25, -0.2) is 4.68 Å². The molecule has 24 heavy (non-hydrogen) atoms. The summed E-state index contributed by atoms with van der Waals surface area (Å²) in [6.07, 6.45) is 1.96. The molecule has 1 aromatic heterocycles. The maximum atomic E-state index is 12.4. The van der Waals surface area contributed by atoms with Crippen LogP contribution in [0.4, 0.5) is 0 Å². The van der Waals surface area contributed by atoms with Crippen LogP contribution in [0.1, 0.15) is 33.8 Å². The number of para-hydroxylation sites is 1. The smallest absolute Gasteiger partial charge is 0.272 e. The number of rotatable bonds is 4. The predicted molar refractivity (Wildman–Crippen MR) is 92.7 cm³/mol. The minimum absolute atomic E-state index is 0. The Kier molecular flexibility index (Phi) is 5.94. The summed E-state index contributed by atoms with van der Waals surface area (Å²) in [4.78, 5) is 24.0. The van der Waals surface area contributed by atoms with E-state index in [-0.39, 0.29) is 35.7 Å². The summed E-state index contributed by atoms with van der Waals surface area (Å²) < 4.78 is 1.40. The number of piperidine rings is 1. The standard InChI is InChI=1S/C16H19N5O2.ClH/c17-15(22)14-9-13(16(23)19-11-5-4-8-18-10-11)20-21(14)12-6-2-1-3-7-12;/h1-3,6-7,9,11,18H,4-5,8,10H2,(H2,17,22)(H,19,23);1H/t11-;/m0./s1. The number of carbonyl (C=O) groups is 2. The molecule has 4 N–H and O–H groups in total. The summed E-state index contributed by atoms with van der Waals surface area (Å²) >= 11 is 0. The average Bonchev–Trinajstić information content (AvgIpc) is 3.02. The molecule has 0 saturated carbocycles. The second kappa shape index (κ2) is 7.94. The van der Waals surface area contributed by atoms with Crippen LogP contribution >= 0.6 is 12.4 Å². The number of nitrogens with one attached hydrogen (secondary N) is 2. The first-order valence-electron chi connectivity index (χ1n) is 7.62. The van der Waals surface area contributed by atoms with Crippen molar-refractivity contribution in [2.24, 2.45) is 5.73 Å². The molecule has 1 aliphatic rings. The van der Waals surface area contributed by atoms with Crippen molar-refractivity contribution < 1.29 is 9.59 Å². The molecule has 8 heteroatoms. The van der Waals surface area contributed by atoms with Crippen molar-refractivity contribution in [1.82, 2.24) is 20.4 Å². The lowest BCUT2D eigenvalue weighted by molar-refractivity contribution is 0.0924. The highest BCUT2D eigenvalue weighted by Crippen LogP contribution is 2.13. The van der Waals surface area contributed by atoms with E-state index < -0.39 is 5.91 Å². The summed E-state index contributed by atoms with van der Waals surface area (Å²) in [5.41, 5.74) is 6.46. The molecule has 2 aromatic rings. The highest BCUT2D eigenvalue weighted by molar-refractivity contribution is 5.97. The van der Waals surface area contributed by atoms with E-state index in [4.69, 9.17) is 5.73 Å². The van der Waals surface area contributed by atoms with Gasteiger partial charge < -0.3 is 16.4 Å². The number of hydrogen-bond acceptors (Lipinski definition) is 4. The zero-order valence-corrected chi connectivity index (χ0v) is 13.9. The fourth-order valence-electron chi connectivity index (χ4n) is 2.67. The number of aromatic nitrogens is 2. The lowest BCUT2D eigenvalue weighted by Gasteiger charge is -2.23. The van der Waals surface area contributed by atoms with E-state index in [1.807, 2.05) is 18.2 Å². The Hall–Kier alpha value is -2.38. The van der Waals surface area contributed by atoms with E-state index in [1.54, 1.807) is 12.1 Å². The Labute approximate surface area is 146 Å². The number of halogens is 1. The largest absolute Gasteiger partial charge is 0.364 e. The maximum Gasteiger partial charge on any atom is 0.272 e. The number of nitrogens with zero attached hydrogens (tertiary/aromatic N) is 2. The maximum absolute atomic E-state index is 12.4. The van der Waals surface area contributed by atoms with Gasteiger partial charge in [-0.1, -0.05) is 18.2 Å². The van der Waals surface area contributed by atoms with Gasteiger partial charge in [0.15, 0.2) is 5.69 Å². The quantitative estimate of drug-likeness (QED) is 0.762. The van der Waals surface area contributed by atoms with Crippen molar-refractivity contribution in [3.05, 3.63) is 47.8 Å². The second-order valence-corrected chi connectivity index (χ2v) is 5.54. The molecule has 3 rings (SSSR count). The van der Waals surface area contributed by atoms with Gasteiger partial charge in [0, 0.05) is 18.7 Å². The Bertz CT molecular complexity index is 711. The first-order valence-corrected chi connectivity index (χ1v) is 7.62. The molecule has 1 fully saturated rings. The van der Waals surface area contributed by atoms with Crippen molar-refractivity contribution >= 4 is 24.2 Å². The zero-order chi connectivity index (χ0) is 16.2. The second-order valence-electron chi connectivity index (χ2n) is 5.54. The monoisotopic (exact) mass is 349 g/mol. The van der Waals surface area contributed by atoms with Crippen LogP contribution in [-0.4, -0.2) is 40.7 Å². The van der Waals surface area contributed by atoms with Gasteiger partial charge in [-0.3, -0.25) is 9.59 Å². The van der Waals surface area contributed by atoms with Crippen LogP contribution in [0.3, 0.4) is 0 Å². The summed E-state index contributed by atoms with van der Waals surface area (Å²) in [7, 11) is 0. The molecule has 128 valence electrons. The highest BCUT2D eigenvalue weighted by atomic mass is 35.5. The molecule has 1 aromatic carbocycles. The third-order valence-electron chi connectivity index (χ3n) is 3.83. The Morgan fingerprint density at radius 3 is 2.67 bits per heavy atom. The third kappa shape index (κ3) is 3.93. The third-order valence-corrected chi connectivity index (χ3v) is 3.83. The molecule has 0 aliphatic carbocycles. The fourth-order valence-corrected chi connectivity index (χ4v) is 2.67. The number of carbonyl (C=O) groups excluding carboxylic acids is 2. The van der Waals surface area contributed by atoms with Crippen molar-refractivity contribution in [2.45, 2.75) is 18.9 Å². The first kappa shape index (κ1) is 18.0. The van der Waals surface area contributed by atoms with Crippen LogP contribution in [-0.2, 0) is 0 Å². The summed E-state index contributed by atoms with van der Waals surface area (Å²) in [6.45, 7) is 1.72. The van der Waals surface area contributed by atoms with Crippen LogP contribution in [0, 0.1) is 0 Å². The average molecular weight is 350 g/mol. The molecule has 0 spiro atoms. The molecule has 0 unspecified atom stereocenters. The first-order chi connectivity index (χ1) is 11.1. The number of amides is 2. The molecule has 7 nitrogen and oxygen atoms in total. The van der Waals surface area contributed by atoms with Crippen molar-refractivity contribution in [2.75, 3.05) is 13.1 Å². The van der Waals surface area contributed by atoms with E-state index in [0.717, 1.165) is 25.9 Å². The van der Waals surface area contributed by atoms with E-state index in [1.165, 1.54) is 10.7 Å². The van der Waals surface area contributed by atoms with Gasteiger partial charge in [0.1, 0.15) is 5.69 Å². The summed E-state index contributed by atoms with van der Waals surface area (Å²) in [5, 5.41) is 10.4. The molecule has 1 saturated heterocycles. The SMILES string of the molecule is Cl.NC(=O)c1cc(C(=O)N[C@H]2CCCNC2)nn1-c1ccccc1. The van der Waals surface area contributed by atoms with Gasteiger partial charge in [0.05, 0.1) is 5.69 Å². The van der Waals surface area contributed by atoms with Crippen LogP contribution in [0.5, 0.6) is 0 Å². The Morgan fingerprint density at radius 2 is 2.04 bits per heavy atom. The van der Waals surface area contributed by atoms with E-state index in [9.17, 15) is 9.59 Å². The minimum atomic E-state index is -0.625. The lowest BCUT2D eigenvalue weighted by Crippen LogP contribution is -2.45. The van der Waals surface area contributed by atoms with Crippen LogP contribution in [0.2, 0.25) is 0 Å². The van der Waals surface area contributed by atoms with Crippen molar-refractivity contribution in [3.63, 3.8) is 0 Å². The Balaban J connectivity index is 0.00000208. The molecular formula is C16H20ClN5O2. The van der Waals surface area contributed by atoms with Gasteiger partial charge in [-0.05, 0) is 31.5 Å². The molecule has 1 atom stereocenters. The van der Waals surface area contributed by atoms with E-state index >= 15 is 0 Å². The normalized spacial score (nSPS) is 16.9. The molecule has 2 heterocycles. The van der Waals surface area contributed by atoms with Gasteiger partial charge in [0.2, 0.25) is 0 Å². The molecule has 0 radical (unpaired) electrons. The predicted octanol–water partition coefficient (Wildman–Crippen LogP) is 0.875. The molecule has 1 aliphatic heterocycles. The van der Waals surface area contributed by atoms with Gasteiger partial charge in [-0.15, -0.1) is 12.4 Å². The van der Waals surface area contributed by atoms with Gasteiger partial charge in [0.25, 0.3) is 11.8 Å². The number of primary amides is 1. The number of nitrogens with two attached hydrogens (primary N) is 1. The van der Waals surface area contributed by atoms with Gasteiger partial charge >= 0.3 is 0 Å².